The molecule has 2 atom stereocenters. The minimum absolute atomic E-state index is 0.0626. The molecule has 168 valence electrons. The first kappa shape index (κ1) is 23.4. The molecule has 2 aromatic carbocycles. The number of ether oxygens (including phenoxy) is 1. The highest BCUT2D eigenvalue weighted by molar-refractivity contribution is 6.18. The Morgan fingerprint density at radius 3 is 2.53 bits per heavy atom. The predicted octanol–water partition coefficient (Wildman–Crippen LogP) is 3.05. The molecule has 2 amide bonds. The number of hydrogen-bond donors (Lipinski definition) is 1. The molecule has 0 radical (unpaired) electrons. The molecule has 1 aliphatic heterocycles. The number of ketones is 1. The molecule has 3 rings (SSSR count). The van der Waals surface area contributed by atoms with E-state index in [1.54, 1.807) is 31.2 Å². The fourth-order valence-corrected chi connectivity index (χ4v) is 3.56. The van der Waals surface area contributed by atoms with Gasteiger partial charge in [0.15, 0.2) is 6.10 Å². The van der Waals surface area contributed by atoms with Crippen molar-refractivity contribution in [2.24, 2.45) is 5.92 Å². The van der Waals surface area contributed by atoms with Crippen molar-refractivity contribution >= 4 is 35.2 Å². The molecular formula is C23H22ClFN2O5. The summed E-state index contributed by atoms with van der Waals surface area (Å²) in [7, 11) is 0. The Morgan fingerprint density at radius 2 is 1.88 bits per heavy atom. The van der Waals surface area contributed by atoms with Gasteiger partial charge in [-0.3, -0.25) is 29.6 Å². The van der Waals surface area contributed by atoms with Crippen LogP contribution in [0.1, 0.15) is 39.1 Å². The van der Waals surface area contributed by atoms with Crippen LogP contribution in [0, 0.1) is 18.7 Å². The second kappa shape index (κ2) is 10.4. The van der Waals surface area contributed by atoms with Gasteiger partial charge in [-0.2, -0.15) is 0 Å². The number of amides is 2. The first-order chi connectivity index (χ1) is 15.3. The number of carbonyl (C=O) groups excluding carboxylic acids is 4. The van der Waals surface area contributed by atoms with Crippen molar-refractivity contribution in [2.45, 2.75) is 25.9 Å². The zero-order valence-corrected chi connectivity index (χ0v) is 18.1. The maximum absolute atomic E-state index is 13.1. The van der Waals surface area contributed by atoms with Crippen LogP contribution < -0.4 is 5.43 Å². The number of hydrogen-bond acceptors (Lipinski definition) is 5. The Bertz CT molecular complexity index is 1030. The molecule has 1 saturated heterocycles. The largest absolute Gasteiger partial charge is 0.454 e. The molecule has 32 heavy (non-hydrogen) atoms. The fourth-order valence-electron chi connectivity index (χ4n) is 3.36. The topological polar surface area (TPSA) is 92.8 Å². The van der Waals surface area contributed by atoms with Crippen molar-refractivity contribution in [3.63, 3.8) is 0 Å². The maximum atomic E-state index is 13.1. The highest BCUT2D eigenvalue weighted by Gasteiger charge is 2.38. The van der Waals surface area contributed by atoms with E-state index in [0.29, 0.717) is 5.56 Å². The van der Waals surface area contributed by atoms with E-state index in [2.05, 4.69) is 5.43 Å². The molecule has 7 nitrogen and oxygen atoms in total. The van der Waals surface area contributed by atoms with Gasteiger partial charge in [0.05, 0.1) is 12.5 Å². The summed E-state index contributed by atoms with van der Waals surface area (Å²) in [5.74, 6) is -3.43. The van der Waals surface area contributed by atoms with Crippen LogP contribution >= 0.6 is 11.6 Å². The monoisotopic (exact) mass is 460 g/mol. The van der Waals surface area contributed by atoms with Gasteiger partial charge in [0.1, 0.15) is 5.82 Å². The number of Topliss-reactive ketones (excluding diaryl/α,β-unsaturated/α-hetero) is 1. The predicted molar refractivity (Wildman–Crippen MR) is 114 cm³/mol. The Hall–Kier alpha value is -3.26. The minimum atomic E-state index is -1.16. The van der Waals surface area contributed by atoms with Crippen LogP contribution in [0.2, 0.25) is 0 Å². The van der Waals surface area contributed by atoms with Crippen molar-refractivity contribution in [2.75, 3.05) is 12.4 Å². The number of benzene rings is 2. The summed E-state index contributed by atoms with van der Waals surface area (Å²) in [5.41, 5.74) is 3.86. The average molecular weight is 461 g/mol. The molecule has 1 fully saturated rings. The van der Waals surface area contributed by atoms with Crippen LogP contribution in [0.5, 0.6) is 0 Å². The van der Waals surface area contributed by atoms with Gasteiger partial charge in [0.25, 0.3) is 5.91 Å². The van der Waals surface area contributed by atoms with Gasteiger partial charge in [-0.05, 0) is 42.8 Å². The minimum Gasteiger partial charge on any atom is -0.454 e. The molecule has 1 aliphatic rings. The molecule has 2 aromatic rings. The molecule has 0 aliphatic carbocycles. The van der Waals surface area contributed by atoms with Gasteiger partial charge in [0, 0.05) is 29.8 Å². The van der Waals surface area contributed by atoms with E-state index in [1.807, 2.05) is 0 Å². The molecule has 1 heterocycles. The van der Waals surface area contributed by atoms with Crippen LogP contribution in [0.15, 0.2) is 48.5 Å². The lowest BCUT2D eigenvalue weighted by molar-refractivity contribution is -0.151. The summed E-state index contributed by atoms with van der Waals surface area (Å²) in [4.78, 5) is 50.1. The van der Waals surface area contributed by atoms with Crippen molar-refractivity contribution in [1.82, 2.24) is 10.4 Å². The number of alkyl halides is 1. The highest BCUT2D eigenvalue weighted by atomic mass is 35.5. The van der Waals surface area contributed by atoms with Crippen molar-refractivity contribution in [1.29, 1.82) is 0 Å². The van der Waals surface area contributed by atoms with E-state index in [1.165, 1.54) is 12.1 Å². The number of rotatable bonds is 8. The number of halogens is 2. The van der Waals surface area contributed by atoms with Gasteiger partial charge >= 0.3 is 5.97 Å². The molecule has 0 bridgehead atoms. The van der Waals surface area contributed by atoms with Crippen LogP contribution in [0.3, 0.4) is 0 Å². The zero-order chi connectivity index (χ0) is 23.3. The van der Waals surface area contributed by atoms with Gasteiger partial charge in [-0.1, -0.05) is 18.2 Å². The molecular weight excluding hydrogens is 439 g/mol. The van der Waals surface area contributed by atoms with Gasteiger partial charge in [-0.25, -0.2) is 4.39 Å². The maximum Gasteiger partial charge on any atom is 0.312 e. The van der Waals surface area contributed by atoms with Crippen LogP contribution in [0.25, 0.3) is 0 Å². The third-order valence-electron chi connectivity index (χ3n) is 5.14. The SMILES string of the molecule is Cc1ccccc1C(=O)NN1CC(C(=O)OC(CCCl)C(=O)c2ccc(F)cc2)CC1=O. The lowest BCUT2D eigenvalue weighted by Gasteiger charge is -2.20. The van der Waals surface area contributed by atoms with E-state index in [0.717, 1.165) is 22.7 Å². The summed E-state index contributed by atoms with van der Waals surface area (Å²) in [6.45, 7) is 1.70. The second-order valence-corrected chi connectivity index (χ2v) is 7.81. The first-order valence-electron chi connectivity index (χ1n) is 10.0. The van der Waals surface area contributed by atoms with Crippen LogP contribution in [0.4, 0.5) is 4.39 Å². The second-order valence-electron chi connectivity index (χ2n) is 7.44. The van der Waals surface area contributed by atoms with E-state index in [-0.39, 0.29) is 30.8 Å². The molecule has 0 saturated carbocycles. The number of hydrazine groups is 1. The summed E-state index contributed by atoms with van der Waals surface area (Å²) < 4.78 is 18.5. The third-order valence-corrected chi connectivity index (χ3v) is 5.35. The van der Waals surface area contributed by atoms with Gasteiger partial charge in [-0.15, -0.1) is 11.6 Å². The number of nitrogens with one attached hydrogen (secondary N) is 1. The Kier molecular flexibility index (Phi) is 7.58. The van der Waals surface area contributed by atoms with Crippen LogP contribution in [-0.4, -0.2) is 47.1 Å². The number of carbonyl (C=O) groups is 4. The third kappa shape index (κ3) is 5.50. The fraction of sp³-hybridized carbons (Fsp3) is 0.304. The van der Waals surface area contributed by atoms with Crippen LogP contribution in [-0.2, 0) is 14.3 Å². The first-order valence-corrected chi connectivity index (χ1v) is 10.6. The van der Waals surface area contributed by atoms with Gasteiger partial charge < -0.3 is 4.74 Å². The van der Waals surface area contributed by atoms with E-state index in [9.17, 15) is 23.6 Å². The Labute approximate surface area is 189 Å². The lowest BCUT2D eigenvalue weighted by Crippen LogP contribution is -2.44. The lowest BCUT2D eigenvalue weighted by atomic mass is 10.0. The summed E-state index contributed by atoms with van der Waals surface area (Å²) in [6.07, 6.45) is -1.25. The smallest absolute Gasteiger partial charge is 0.312 e. The Morgan fingerprint density at radius 1 is 1.19 bits per heavy atom. The number of nitrogens with zero attached hydrogens (tertiary/aromatic N) is 1. The van der Waals surface area contributed by atoms with Crippen molar-refractivity contribution in [3.05, 3.63) is 71.0 Å². The summed E-state index contributed by atoms with van der Waals surface area (Å²) in [5, 5.41) is 1.08. The normalized spacial score (nSPS) is 16.5. The molecule has 1 N–H and O–H groups in total. The zero-order valence-electron chi connectivity index (χ0n) is 17.3. The van der Waals surface area contributed by atoms with Crippen molar-refractivity contribution < 1.29 is 28.3 Å². The summed E-state index contributed by atoms with van der Waals surface area (Å²) in [6, 6.07) is 11.8. The molecule has 2 unspecified atom stereocenters. The molecule has 0 aromatic heterocycles. The Balaban J connectivity index is 1.63. The van der Waals surface area contributed by atoms with E-state index >= 15 is 0 Å². The summed E-state index contributed by atoms with van der Waals surface area (Å²) >= 11 is 5.76. The quantitative estimate of drug-likeness (QED) is 0.371. The van der Waals surface area contributed by atoms with E-state index in [4.69, 9.17) is 16.3 Å². The highest BCUT2D eigenvalue weighted by Crippen LogP contribution is 2.21. The van der Waals surface area contributed by atoms with Crippen molar-refractivity contribution in [3.8, 4) is 0 Å². The van der Waals surface area contributed by atoms with E-state index < -0.39 is 41.4 Å². The molecule has 9 heteroatoms. The number of aryl methyl sites for hydroxylation is 1. The molecule has 0 spiro atoms. The standard InChI is InChI=1S/C23H22ClFN2O5/c1-14-4-2-3-5-18(14)22(30)26-27-13-16(12-20(27)28)23(31)32-19(10-11-24)21(29)15-6-8-17(25)9-7-15/h2-9,16,19H,10-13H2,1H3,(H,26,30). The number of esters is 1. The average Bonchev–Trinajstić information content (AvgIpc) is 3.14. The van der Waals surface area contributed by atoms with Gasteiger partial charge in [0.2, 0.25) is 11.7 Å².